The number of anilines is 1. The van der Waals surface area contributed by atoms with Crippen molar-refractivity contribution >= 4 is 16.7 Å². The molecule has 1 fully saturated rings. The summed E-state index contributed by atoms with van der Waals surface area (Å²) in [6.07, 6.45) is 1.14. The highest BCUT2D eigenvalue weighted by Gasteiger charge is 2.30. The van der Waals surface area contributed by atoms with E-state index in [1.54, 1.807) is 0 Å². The van der Waals surface area contributed by atoms with Crippen LogP contribution in [-0.2, 0) is 6.54 Å². The van der Waals surface area contributed by atoms with Gasteiger partial charge in [0, 0.05) is 11.7 Å². The quantitative estimate of drug-likeness (QED) is 0.728. The molecule has 102 valence electrons. The monoisotopic (exact) mass is 260 g/mol. The van der Waals surface area contributed by atoms with Crippen molar-refractivity contribution in [2.24, 2.45) is 5.92 Å². The summed E-state index contributed by atoms with van der Waals surface area (Å²) in [6.45, 7) is 4.18. The molecule has 1 aromatic heterocycles. The summed E-state index contributed by atoms with van der Waals surface area (Å²) in [6, 6.07) is 5.95. The number of aliphatic hydroxyl groups excluding tert-OH is 1. The molecule has 0 aliphatic carbocycles. The Bertz CT molecular complexity index is 580. The Morgan fingerprint density at radius 3 is 3.16 bits per heavy atom. The fourth-order valence-corrected chi connectivity index (χ4v) is 2.93. The molecule has 0 saturated carbocycles. The fraction of sp³-hybridized carbons (Fsp3) is 0.500. The number of fused-ring (bicyclic) bond motifs is 1. The zero-order valence-corrected chi connectivity index (χ0v) is 11.1. The molecule has 2 aromatic rings. The van der Waals surface area contributed by atoms with Gasteiger partial charge >= 0.3 is 0 Å². The highest BCUT2D eigenvalue weighted by Crippen LogP contribution is 2.25. The Labute approximate surface area is 112 Å². The molecule has 1 saturated heterocycles. The van der Waals surface area contributed by atoms with Crippen molar-refractivity contribution < 1.29 is 5.11 Å². The third kappa shape index (κ3) is 2.31. The maximum absolute atomic E-state index is 9.47. The van der Waals surface area contributed by atoms with Gasteiger partial charge < -0.3 is 15.8 Å². The minimum absolute atomic E-state index is 0.217. The van der Waals surface area contributed by atoms with Gasteiger partial charge in [-0.1, -0.05) is 6.92 Å². The molecular formula is C14H20N4O. The first-order valence-corrected chi connectivity index (χ1v) is 6.76. The van der Waals surface area contributed by atoms with E-state index in [0.29, 0.717) is 5.92 Å². The molecule has 0 radical (unpaired) electrons. The van der Waals surface area contributed by atoms with Crippen molar-refractivity contribution in [2.75, 3.05) is 18.9 Å². The highest BCUT2D eigenvalue weighted by atomic mass is 16.3. The predicted molar refractivity (Wildman–Crippen MR) is 75.6 cm³/mol. The molecule has 19 heavy (non-hydrogen) atoms. The number of nitrogens with zero attached hydrogens (tertiary/aromatic N) is 2. The van der Waals surface area contributed by atoms with Gasteiger partial charge in [0.05, 0.1) is 24.2 Å². The van der Waals surface area contributed by atoms with Gasteiger partial charge in [0.2, 0.25) is 0 Å². The maximum Gasteiger partial charge on any atom is 0.121 e. The van der Waals surface area contributed by atoms with Crippen LogP contribution in [0.4, 0.5) is 5.69 Å². The standard InChI is InChI=1S/C14H20N4O/c1-9-4-5-18(13(9)8-19)7-14-16-11-3-2-10(15)6-12(11)17-14/h2-3,6,9,13,19H,4-5,7-8,15H2,1H3,(H,16,17). The molecule has 1 aliphatic heterocycles. The summed E-state index contributed by atoms with van der Waals surface area (Å²) >= 11 is 0. The van der Waals surface area contributed by atoms with Crippen LogP contribution in [0.1, 0.15) is 19.2 Å². The first-order valence-electron chi connectivity index (χ1n) is 6.76. The number of H-pyrrole nitrogens is 1. The average Bonchev–Trinajstić information content (AvgIpc) is 2.92. The molecule has 0 amide bonds. The number of likely N-dealkylation sites (tertiary alicyclic amines) is 1. The Morgan fingerprint density at radius 1 is 1.53 bits per heavy atom. The number of rotatable bonds is 3. The van der Waals surface area contributed by atoms with Gasteiger partial charge in [-0.05, 0) is 37.1 Å². The summed E-state index contributed by atoms with van der Waals surface area (Å²) < 4.78 is 0. The number of hydrogen-bond acceptors (Lipinski definition) is 4. The van der Waals surface area contributed by atoms with Gasteiger partial charge in [-0.15, -0.1) is 0 Å². The van der Waals surface area contributed by atoms with Crippen LogP contribution in [0.3, 0.4) is 0 Å². The molecule has 5 nitrogen and oxygen atoms in total. The molecule has 2 unspecified atom stereocenters. The molecule has 0 bridgehead atoms. The molecule has 4 N–H and O–H groups in total. The number of aromatic amines is 1. The zero-order chi connectivity index (χ0) is 13.4. The number of aromatic nitrogens is 2. The van der Waals surface area contributed by atoms with Crippen molar-refractivity contribution in [3.8, 4) is 0 Å². The molecule has 2 heterocycles. The van der Waals surface area contributed by atoms with Gasteiger partial charge in [0.15, 0.2) is 0 Å². The topological polar surface area (TPSA) is 78.2 Å². The number of aliphatic hydroxyl groups is 1. The van der Waals surface area contributed by atoms with Gasteiger partial charge in [0.25, 0.3) is 0 Å². The second kappa shape index (κ2) is 4.83. The van der Waals surface area contributed by atoms with Crippen LogP contribution in [-0.4, -0.2) is 39.2 Å². The van der Waals surface area contributed by atoms with Crippen LogP contribution in [0, 0.1) is 5.92 Å². The molecule has 2 atom stereocenters. The van der Waals surface area contributed by atoms with Crippen LogP contribution in [0.2, 0.25) is 0 Å². The van der Waals surface area contributed by atoms with Gasteiger partial charge in [-0.25, -0.2) is 4.98 Å². The van der Waals surface area contributed by atoms with E-state index in [-0.39, 0.29) is 12.6 Å². The third-order valence-electron chi connectivity index (χ3n) is 4.09. The molecule has 0 spiro atoms. The van der Waals surface area contributed by atoms with E-state index in [4.69, 9.17) is 5.73 Å². The third-order valence-corrected chi connectivity index (χ3v) is 4.09. The van der Waals surface area contributed by atoms with E-state index in [0.717, 1.165) is 42.1 Å². The van der Waals surface area contributed by atoms with Crippen molar-refractivity contribution in [3.05, 3.63) is 24.0 Å². The minimum atomic E-state index is 0.217. The Balaban J connectivity index is 1.81. The summed E-state index contributed by atoms with van der Waals surface area (Å²) in [5.41, 5.74) is 8.43. The lowest BCUT2D eigenvalue weighted by Crippen LogP contribution is -2.34. The predicted octanol–water partition coefficient (Wildman–Crippen LogP) is 1.35. The van der Waals surface area contributed by atoms with E-state index in [2.05, 4.69) is 21.8 Å². The number of nitrogen functional groups attached to an aromatic ring is 1. The summed E-state index contributed by atoms with van der Waals surface area (Å²) in [4.78, 5) is 10.2. The van der Waals surface area contributed by atoms with Crippen molar-refractivity contribution in [1.82, 2.24) is 14.9 Å². The average molecular weight is 260 g/mol. The number of nitrogens with one attached hydrogen (secondary N) is 1. The normalized spacial score (nSPS) is 24.3. The molecule has 5 heteroatoms. The lowest BCUT2D eigenvalue weighted by Gasteiger charge is -2.23. The SMILES string of the molecule is CC1CCN(Cc2nc3ccc(N)cc3[nH]2)C1CO. The Hall–Kier alpha value is -1.59. The lowest BCUT2D eigenvalue weighted by atomic mass is 10.0. The number of benzene rings is 1. The molecular weight excluding hydrogens is 240 g/mol. The minimum Gasteiger partial charge on any atom is -0.399 e. The Morgan fingerprint density at radius 2 is 2.37 bits per heavy atom. The van der Waals surface area contributed by atoms with Crippen LogP contribution in [0.15, 0.2) is 18.2 Å². The number of hydrogen-bond donors (Lipinski definition) is 3. The number of nitrogens with two attached hydrogens (primary N) is 1. The van der Waals surface area contributed by atoms with Crippen molar-refractivity contribution in [3.63, 3.8) is 0 Å². The van der Waals surface area contributed by atoms with Crippen molar-refractivity contribution in [1.29, 1.82) is 0 Å². The van der Waals surface area contributed by atoms with Crippen molar-refractivity contribution in [2.45, 2.75) is 25.9 Å². The van der Waals surface area contributed by atoms with Crippen LogP contribution in [0.25, 0.3) is 11.0 Å². The summed E-state index contributed by atoms with van der Waals surface area (Å²) in [7, 11) is 0. The maximum atomic E-state index is 9.47. The zero-order valence-electron chi connectivity index (χ0n) is 11.1. The van der Waals surface area contributed by atoms with E-state index in [1.807, 2.05) is 18.2 Å². The summed E-state index contributed by atoms with van der Waals surface area (Å²) in [5.74, 6) is 1.48. The van der Waals surface area contributed by atoms with Gasteiger partial charge in [0.1, 0.15) is 5.82 Å². The number of imidazole rings is 1. The highest BCUT2D eigenvalue weighted by molar-refractivity contribution is 5.78. The van der Waals surface area contributed by atoms with Crippen LogP contribution in [0.5, 0.6) is 0 Å². The van der Waals surface area contributed by atoms with Gasteiger partial charge in [-0.2, -0.15) is 0 Å². The second-order valence-electron chi connectivity index (χ2n) is 5.45. The van der Waals surface area contributed by atoms with Crippen LogP contribution < -0.4 is 5.73 Å². The largest absolute Gasteiger partial charge is 0.399 e. The van der Waals surface area contributed by atoms with Gasteiger partial charge in [-0.3, -0.25) is 4.90 Å². The first kappa shape index (κ1) is 12.4. The second-order valence-corrected chi connectivity index (χ2v) is 5.45. The molecule has 1 aromatic carbocycles. The smallest absolute Gasteiger partial charge is 0.121 e. The molecule has 3 rings (SSSR count). The van der Waals surface area contributed by atoms with E-state index >= 15 is 0 Å². The lowest BCUT2D eigenvalue weighted by molar-refractivity contribution is 0.132. The van der Waals surface area contributed by atoms with E-state index in [9.17, 15) is 5.11 Å². The van der Waals surface area contributed by atoms with E-state index < -0.39 is 0 Å². The first-order chi connectivity index (χ1) is 9.17. The Kier molecular flexibility index (Phi) is 3.16. The van der Waals surface area contributed by atoms with Crippen LogP contribution >= 0.6 is 0 Å². The molecule has 1 aliphatic rings. The summed E-state index contributed by atoms with van der Waals surface area (Å²) in [5, 5.41) is 9.47. The fourth-order valence-electron chi connectivity index (χ4n) is 2.93. The van der Waals surface area contributed by atoms with E-state index in [1.165, 1.54) is 0 Å².